The molecule has 0 aromatic heterocycles. The van der Waals surface area contributed by atoms with E-state index in [1.807, 2.05) is 0 Å². The van der Waals surface area contributed by atoms with Gasteiger partial charge < -0.3 is 5.11 Å². The van der Waals surface area contributed by atoms with E-state index in [-0.39, 0.29) is 11.6 Å². The predicted octanol–water partition coefficient (Wildman–Crippen LogP) is 3.58. The minimum absolute atomic E-state index is 0.0158. The summed E-state index contributed by atoms with van der Waals surface area (Å²) in [5, 5.41) is 9.10. The van der Waals surface area contributed by atoms with Crippen molar-refractivity contribution in [2.24, 2.45) is 0 Å². The van der Waals surface area contributed by atoms with E-state index in [0.29, 0.717) is 5.92 Å². The van der Waals surface area contributed by atoms with Crippen LogP contribution in [0.5, 0.6) is 5.75 Å². The molecule has 1 N–H and O–H groups in total. The van der Waals surface area contributed by atoms with Gasteiger partial charge in [0.1, 0.15) is 11.6 Å². The molecule has 0 atom stereocenters. The number of phenols is 1. The van der Waals surface area contributed by atoms with Crippen molar-refractivity contribution in [2.75, 3.05) is 0 Å². The van der Waals surface area contributed by atoms with Crippen molar-refractivity contribution < 1.29 is 9.50 Å². The fraction of sp³-hybridized carbons (Fsp3) is 0.500. The van der Waals surface area contributed by atoms with E-state index in [1.54, 1.807) is 12.1 Å². The SMILES string of the molecule is Oc1ccc(C2CCCCC2)c(F)c1. The zero-order chi connectivity index (χ0) is 9.97. The van der Waals surface area contributed by atoms with Gasteiger partial charge in [-0.25, -0.2) is 4.39 Å². The lowest BCUT2D eigenvalue weighted by molar-refractivity contribution is 0.425. The summed E-state index contributed by atoms with van der Waals surface area (Å²) in [5.41, 5.74) is 0.780. The van der Waals surface area contributed by atoms with E-state index in [2.05, 4.69) is 0 Å². The van der Waals surface area contributed by atoms with Gasteiger partial charge in [0.2, 0.25) is 0 Å². The molecule has 1 aromatic rings. The van der Waals surface area contributed by atoms with E-state index in [1.165, 1.54) is 25.3 Å². The lowest BCUT2D eigenvalue weighted by Gasteiger charge is -2.22. The van der Waals surface area contributed by atoms with Crippen molar-refractivity contribution >= 4 is 0 Å². The molecule has 0 heterocycles. The van der Waals surface area contributed by atoms with E-state index in [4.69, 9.17) is 5.11 Å². The predicted molar refractivity (Wildman–Crippen MR) is 53.9 cm³/mol. The van der Waals surface area contributed by atoms with Crippen LogP contribution >= 0.6 is 0 Å². The lowest BCUT2D eigenvalue weighted by atomic mass is 9.84. The van der Waals surface area contributed by atoms with Crippen LogP contribution < -0.4 is 0 Å². The number of hydrogen-bond donors (Lipinski definition) is 1. The molecule has 14 heavy (non-hydrogen) atoms. The average Bonchev–Trinajstić information content (AvgIpc) is 2.19. The number of halogens is 1. The van der Waals surface area contributed by atoms with Crippen molar-refractivity contribution in [3.05, 3.63) is 29.6 Å². The molecule has 1 nitrogen and oxygen atoms in total. The van der Waals surface area contributed by atoms with Crippen LogP contribution in [0.4, 0.5) is 4.39 Å². The quantitative estimate of drug-likeness (QED) is 0.724. The normalized spacial score (nSPS) is 18.4. The first-order valence-corrected chi connectivity index (χ1v) is 5.26. The van der Waals surface area contributed by atoms with E-state index < -0.39 is 0 Å². The molecular formula is C12H15FO. The molecule has 1 aromatic carbocycles. The second-order valence-corrected chi connectivity index (χ2v) is 4.04. The molecule has 0 bridgehead atoms. The maximum absolute atomic E-state index is 13.5. The second-order valence-electron chi connectivity index (χ2n) is 4.04. The molecular weight excluding hydrogens is 179 g/mol. The summed E-state index contributed by atoms with van der Waals surface area (Å²) < 4.78 is 13.5. The van der Waals surface area contributed by atoms with Crippen LogP contribution in [0.1, 0.15) is 43.6 Å². The molecule has 0 spiro atoms. The number of rotatable bonds is 1. The second kappa shape index (κ2) is 3.99. The molecule has 1 aliphatic carbocycles. The number of hydrogen-bond acceptors (Lipinski definition) is 1. The van der Waals surface area contributed by atoms with E-state index >= 15 is 0 Å². The molecule has 0 radical (unpaired) electrons. The summed E-state index contributed by atoms with van der Waals surface area (Å²) in [6, 6.07) is 4.51. The number of benzene rings is 1. The van der Waals surface area contributed by atoms with Gasteiger partial charge in [0, 0.05) is 6.07 Å². The molecule has 0 amide bonds. The summed E-state index contributed by atoms with van der Waals surface area (Å²) in [5.74, 6) is 0.128. The van der Waals surface area contributed by atoms with Crippen molar-refractivity contribution in [1.29, 1.82) is 0 Å². The molecule has 1 fully saturated rings. The van der Waals surface area contributed by atoms with Gasteiger partial charge >= 0.3 is 0 Å². The summed E-state index contributed by atoms with van der Waals surface area (Å²) in [4.78, 5) is 0. The summed E-state index contributed by atoms with van der Waals surface area (Å²) >= 11 is 0. The minimum Gasteiger partial charge on any atom is -0.508 e. The Balaban J connectivity index is 2.22. The zero-order valence-electron chi connectivity index (χ0n) is 8.17. The Bertz CT molecular complexity index is 316. The first-order valence-electron chi connectivity index (χ1n) is 5.26. The van der Waals surface area contributed by atoms with Gasteiger partial charge in [0.25, 0.3) is 0 Å². The van der Waals surface area contributed by atoms with Gasteiger partial charge in [0.05, 0.1) is 0 Å². The summed E-state index contributed by atoms with van der Waals surface area (Å²) in [6.07, 6.45) is 5.84. The van der Waals surface area contributed by atoms with E-state index in [0.717, 1.165) is 18.4 Å². The molecule has 76 valence electrons. The van der Waals surface area contributed by atoms with Crippen molar-refractivity contribution in [1.82, 2.24) is 0 Å². The largest absolute Gasteiger partial charge is 0.508 e. The molecule has 1 aliphatic rings. The monoisotopic (exact) mass is 194 g/mol. The fourth-order valence-corrected chi connectivity index (χ4v) is 2.26. The summed E-state index contributed by atoms with van der Waals surface area (Å²) in [6.45, 7) is 0. The van der Waals surface area contributed by atoms with Crippen LogP contribution in [0, 0.1) is 5.82 Å². The Morgan fingerprint density at radius 3 is 2.50 bits per heavy atom. The van der Waals surface area contributed by atoms with Gasteiger partial charge in [-0.2, -0.15) is 0 Å². The standard InChI is InChI=1S/C12H15FO/c13-12-8-10(14)6-7-11(12)9-4-2-1-3-5-9/h6-9,14H,1-5H2. The van der Waals surface area contributed by atoms with Crippen LogP contribution in [0.2, 0.25) is 0 Å². The highest BCUT2D eigenvalue weighted by Gasteiger charge is 2.18. The fourth-order valence-electron chi connectivity index (χ4n) is 2.26. The number of phenolic OH excluding ortho intramolecular Hbond substituents is 1. The number of aromatic hydroxyl groups is 1. The van der Waals surface area contributed by atoms with Crippen LogP contribution in [0.3, 0.4) is 0 Å². The Kier molecular flexibility index (Phi) is 2.71. The van der Waals surface area contributed by atoms with Crippen molar-refractivity contribution in [3.8, 4) is 5.75 Å². The van der Waals surface area contributed by atoms with Gasteiger partial charge in [0.15, 0.2) is 0 Å². The van der Waals surface area contributed by atoms with Crippen molar-refractivity contribution in [2.45, 2.75) is 38.0 Å². The van der Waals surface area contributed by atoms with Crippen LogP contribution in [-0.2, 0) is 0 Å². The summed E-state index contributed by atoms with van der Waals surface area (Å²) in [7, 11) is 0. The Hall–Kier alpha value is -1.05. The highest BCUT2D eigenvalue weighted by atomic mass is 19.1. The van der Waals surface area contributed by atoms with Crippen molar-refractivity contribution in [3.63, 3.8) is 0 Å². The van der Waals surface area contributed by atoms with Gasteiger partial charge in [-0.3, -0.25) is 0 Å². The third-order valence-corrected chi connectivity index (χ3v) is 3.03. The molecule has 2 heteroatoms. The first-order chi connectivity index (χ1) is 6.77. The highest BCUT2D eigenvalue weighted by Crippen LogP contribution is 2.34. The molecule has 0 unspecified atom stereocenters. The molecule has 1 saturated carbocycles. The zero-order valence-corrected chi connectivity index (χ0v) is 8.17. The first kappa shape index (κ1) is 9.50. The Morgan fingerprint density at radius 1 is 1.14 bits per heavy atom. The molecule has 2 rings (SSSR count). The minimum atomic E-state index is -0.253. The topological polar surface area (TPSA) is 20.2 Å². The van der Waals surface area contributed by atoms with Gasteiger partial charge in [-0.05, 0) is 30.4 Å². The van der Waals surface area contributed by atoms with Crippen LogP contribution in [0.25, 0.3) is 0 Å². The van der Waals surface area contributed by atoms with Gasteiger partial charge in [-0.1, -0.05) is 25.3 Å². The third kappa shape index (κ3) is 1.89. The van der Waals surface area contributed by atoms with Crippen LogP contribution in [-0.4, -0.2) is 5.11 Å². The highest BCUT2D eigenvalue weighted by molar-refractivity contribution is 5.30. The smallest absolute Gasteiger partial charge is 0.130 e. The third-order valence-electron chi connectivity index (χ3n) is 3.03. The molecule has 0 aliphatic heterocycles. The Labute approximate surface area is 83.6 Å². The maximum Gasteiger partial charge on any atom is 0.130 e. The van der Waals surface area contributed by atoms with E-state index in [9.17, 15) is 4.39 Å². The lowest BCUT2D eigenvalue weighted by Crippen LogP contribution is -2.06. The Morgan fingerprint density at radius 2 is 1.86 bits per heavy atom. The maximum atomic E-state index is 13.5. The van der Waals surface area contributed by atoms with Gasteiger partial charge in [-0.15, -0.1) is 0 Å². The molecule has 0 saturated heterocycles. The average molecular weight is 194 g/mol. The van der Waals surface area contributed by atoms with Crippen LogP contribution in [0.15, 0.2) is 18.2 Å².